The van der Waals surface area contributed by atoms with E-state index in [1.165, 1.54) is 6.42 Å². The number of hydrogen-bond donors (Lipinski definition) is 1. The molecule has 3 heteroatoms. The molecule has 0 amide bonds. The standard InChI is InChI=1S/C14H19ClO2/c15-12-6-4-11(5-7-12)9-13(16)10-14-3-1-2-8-17-14/h4-7,13-14,16H,1-3,8-10H2. The van der Waals surface area contributed by atoms with Crippen LogP contribution in [-0.4, -0.2) is 23.9 Å². The van der Waals surface area contributed by atoms with Crippen molar-refractivity contribution in [2.24, 2.45) is 0 Å². The average molecular weight is 255 g/mol. The minimum absolute atomic E-state index is 0.242. The van der Waals surface area contributed by atoms with E-state index >= 15 is 0 Å². The highest BCUT2D eigenvalue weighted by atomic mass is 35.5. The lowest BCUT2D eigenvalue weighted by Gasteiger charge is -2.24. The van der Waals surface area contributed by atoms with Crippen LogP contribution in [-0.2, 0) is 11.2 Å². The summed E-state index contributed by atoms with van der Waals surface area (Å²) in [6, 6.07) is 7.65. The molecule has 0 aliphatic carbocycles. The van der Waals surface area contributed by atoms with Gasteiger partial charge in [0.05, 0.1) is 12.2 Å². The Kier molecular flexibility index (Phi) is 4.84. The summed E-state index contributed by atoms with van der Waals surface area (Å²) >= 11 is 5.82. The second-order valence-electron chi connectivity index (χ2n) is 4.71. The fourth-order valence-electron chi connectivity index (χ4n) is 2.27. The smallest absolute Gasteiger partial charge is 0.0605 e. The third-order valence-corrected chi connectivity index (χ3v) is 3.45. The molecule has 0 bridgehead atoms. The van der Waals surface area contributed by atoms with Crippen molar-refractivity contribution in [1.29, 1.82) is 0 Å². The van der Waals surface area contributed by atoms with Crippen LogP contribution in [0.2, 0.25) is 5.02 Å². The van der Waals surface area contributed by atoms with Crippen LogP contribution < -0.4 is 0 Å². The fraction of sp³-hybridized carbons (Fsp3) is 0.571. The lowest BCUT2D eigenvalue weighted by molar-refractivity contribution is -0.0147. The number of ether oxygens (including phenoxy) is 1. The van der Waals surface area contributed by atoms with Gasteiger partial charge in [-0.05, 0) is 49.8 Å². The van der Waals surface area contributed by atoms with Gasteiger partial charge in [0.1, 0.15) is 0 Å². The molecule has 94 valence electrons. The van der Waals surface area contributed by atoms with E-state index in [1.807, 2.05) is 24.3 Å². The van der Waals surface area contributed by atoms with E-state index in [2.05, 4.69) is 0 Å². The number of hydrogen-bond acceptors (Lipinski definition) is 2. The van der Waals surface area contributed by atoms with Crippen molar-refractivity contribution in [2.45, 2.75) is 44.3 Å². The van der Waals surface area contributed by atoms with Crippen molar-refractivity contribution in [3.63, 3.8) is 0 Å². The van der Waals surface area contributed by atoms with Crippen LogP contribution in [0.5, 0.6) is 0 Å². The van der Waals surface area contributed by atoms with E-state index in [0.717, 1.165) is 36.5 Å². The van der Waals surface area contributed by atoms with Crippen molar-refractivity contribution < 1.29 is 9.84 Å². The van der Waals surface area contributed by atoms with Crippen LogP contribution in [0, 0.1) is 0 Å². The first-order chi connectivity index (χ1) is 8.24. The van der Waals surface area contributed by atoms with Gasteiger partial charge in [0.2, 0.25) is 0 Å². The molecule has 0 radical (unpaired) electrons. The highest BCUT2D eigenvalue weighted by molar-refractivity contribution is 6.30. The van der Waals surface area contributed by atoms with Crippen LogP contribution in [0.3, 0.4) is 0 Å². The lowest BCUT2D eigenvalue weighted by atomic mass is 9.99. The molecule has 1 saturated heterocycles. The third-order valence-electron chi connectivity index (χ3n) is 3.19. The van der Waals surface area contributed by atoms with Crippen LogP contribution in [0.15, 0.2) is 24.3 Å². The van der Waals surface area contributed by atoms with Crippen LogP contribution in [0.4, 0.5) is 0 Å². The first-order valence-corrected chi connectivity index (χ1v) is 6.66. The quantitative estimate of drug-likeness (QED) is 0.894. The van der Waals surface area contributed by atoms with Crippen molar-refractivity contribution in [3.8, 4) is 0 Å². The number of halogens is 1. The molecule has 1 aliphatic heterocycles. The zero-order valence-electron chi connectivity index (χ0n) is 9.94. The van der Waals surface area contributed by atoms with E-state index in [9.17, 15) is 5.11 Å². The average Bonchev–Trinajstić information content (AvgIpc) is 2.33. The fourth-order valence-corrected chi connectivity index (χ4v) is 2.40. The van der Waals surface area contributed by atoms with Gasteiger partial charge in [-0.25, -0.2) is 0 Å². The Labute approximate surface area is 108 Å². The number of rotatable bonds is 4. The summed E-state index contributed by atoms with van der Waals surface area (Å²) < 4.78 is 5.62. The van der Waals surface area contributed by atoms with Crippen LogP contribution >= 0.6 is 11.6 Å². The van der Waals surface area contributed by atoms with Crippen LogP contribution in [0.1, 0.15) is 31.2 Å². The number of benzene rings is 1. The van der Waals surface area contributed by atoms with Gasteiger partial charge in [0.15, 0.2) is 0 Å². The Balaban J connectivity index is 1.79. The molecule has 1 heterocycles. The van der Waals surface area contributed by atoms with Gasteiger partial charge < -0.3 is 9.84 Å². The monoisotopic (exact) mass is 254 g/mol. The van der Waals surface area contributed by atoms with Gasteiger partial charge in [-0.2, -0.15) is 0 Å². The summed E-state index contributed by atoms with van der Waals surface area (Å²) in [6.45, 7) is 0.846. The number of aliphatic hydroxyl groups excluding tert-OH is 1. The molecule has 1 aromatic rings. The molecule has 1 aromatic carbocycles. The minimum atomic E-state index is -0.320. The molecule has 0 saturated carbocycles. The SMILES string of the molecule is OC(Cc1ccc(Cl)cc1)CC1CCCCO1. The zero-order valence-corrected chi connectivity index (χ0v) is 10.7. The molecule has 2 atom stereocenters. The Bertz CT molecular complexity index is 331. The van der Waals surface area contributed by atoms with Gasteiger partial charge in [0, 0.05) is 11.6 Å². The maximum absolute atomic E-state index is 10.0. The summed E-state index contributed by atoms with van der Waals surface area (Å²) in [5, 5.41) is 10.7. The van der Waals surface area contributed by atoms with E-state index in [1.54, 1.807) is 0 Å². The topological polar surface area (TPSA) is 29.5 Å². The molecule has 1 fully saturated rings. The maximum Gasteiger partial charge on any atom is 0.0605 e. The molecular formula is C14H19ClO2. The highest BCUT2D eigenvalue weighted by Crippen LogP contribution is 2.19. The van der Waals surface area contributed by atoms with Gasteiger partial charge in [-0.15, -0.1) is 0 Å². The second-order valence-corrected chi connectivity index (χ2v) is 5.15. The molecule has 2 unspecified atom stereocenters. The Morgan fingerprint density at radius 3 is 2.71 bits per heavy atom. The molecule has 1 N–H and O–H groups in total. The molecule has 17 heavy (non-hydrogen) atoms. The molecule has 2 rings (SSSR count). The molecule has 0 spiro atoms. The maximum atomic E-state index is 10.0. The van der Waals surface area contributed by atoms with Crippen LogP contribution in [0.25, 0.3) is 0 Å². The zero-order chi connectivity index (χ0) is 12.1. The summed E-state index contributed by atoms with van der Waals surface area (Å²) in [6.07, 6.45) is 4.80. The van der Waals surface area contributed by atoms with Gasteiger partial charge >= 0.3 is 0 Å². The van der Waals surface area contributed by atoms with Gasteiger partial charge in [-0.3, -0.25) is 0 Å². The van der Waals surface area contributed by atoms with E-state index in [-0.39, 0.29) is 12.2 Å². The van der Waals surface area contributed by atoms with E-state index in [0.29, 0.717) is 6.42 Å². The van der Waals surface area contributed by atoms with Crippen molar-refractivity contribution in [2.75, 3.05) is 6.61 Å². The molecular weight excluding hydrogens is 236 g/mol. The number of aliphatic hydroxyl groups is 1. The molecule has 0 aromatic heterocycles. The first-order valence-electron chi connectivity index (χ1n) is 6.28. The van der Waals surface area contributed by atoms with Gasteiger partial charge in [0.25, 0.3) is 0 Å². The summed E-state index contributed by atoms with van der Waals surface area (Å²) in [5.41, 5.74) is 1.12. The largest absolute Gasteiger partial charge is 0.393 e. The first kappa shape index (κ1) is 12.9. The second kappa shape index (κ2) is 6.39. The Morgan fingerprint density at radius 2 is 2.06 bits per heavy atom. The molecule has 2 nitrogen and oxygen atoms in total. The highest BCUT2D eigenvalue weighted by Gasteiger charge is 2.18. The predicted octanol–water partition coefficient (Wildman–Crippen LogP) is 3.20. The Morgan fingerprint density at radius 1 is 1.29 bits per heavy atom. The predicted molar refractivity (Wildman–Crippen MR) is 69.4 cm³/mol. The third kappa shape index (κ3) is 4.30. The van der Waals surface area contributed by atoms with Crippen molar-refractivity contribution >= 4 is 11.6 Å². The Hall–Kier alpha value is -0.570. The summed E-state index contributed by atoms with van der Waals surface area (Å²) in [7, 11) is 0. The van der Waals surface area contributed by atoms with E-state index in [4.69, 9.17) is 16.3 Å². The molecule has 1 aliphatic rings. The minimum Gasteiger partial charge on any atom is -0.393 e. The summed E-state index contributed by atoms with van der Waals surface area (Å²) in [4.78, 5) is 0. The normalized spacial score (nSPS) is 22.4. The lowest BCUT2D eigenvalue weighted by Crippen LogP contribution is -2.25. The van der Waals surface area contributed by atoms with E-state index < -0.39 is 0 Å². The van der Waals surface area contributed by atoms with Gasteiger partial charge in [-0.1, -0.05) is 23.7 Å². The van der Waals surface area contributed by atoms with Crippen molar-refractivity contribution in [3.05, 3.63) is 34.9 Å². The van der Waals surface area contributed by atoms with Crippen molar-refractivity contribution in [1.82, 2.24) is 0 Å². The summed E-state index contributed by atoms with van der Waals surface area (Å²) in [5.74, 6) is 0.